The van der Waals surface area contributed by atoms with Gasteiger partial charge in [-0.25, -0.2) is 8.78 Å². The van der Waals surface area contributed by atoms with Gasteiger partial charge in [0.1, 0.15) is 5.75 Å². The van der Waals surface area contributed by atoms with Crippen molar-refractivity contribution in [1.82, 2.24) is 0 Å². The number of halogens is 2. The zero-order valence-corrected chi connectivity index (χ0v) is 6.24. The van der Waals surface area contributed by atoms with Crippen molar-refractivity contribution >= 4 is 0 Å². The molecule has 0 radical (unpaired) electrons. The average molecular weight is 173 g/mol. The summed E-state index contributed by atoms with van der Waals surface area (Å²) in [6.07, 6.45) is -2.65. The van der Waals surface area contributed by atoms with E-state index in [1.807, 2.05) is 0 Å². The van der Waals surface area contributed by atoms with Gasteiger partial charge in [0.2, 0.25) is 0 Å². The van der Waals surface area contributed by atoms with E-state index in [0.717, 1.165) is 0 Å². The van der Waals surface area contributed by atoms with E-state index >= 15 is 0 Å². The molecule has 3 N–H and O–H groups in total. The molecule has 2 nitrogen and oxygen atoms in total. The summed E-state index contributed by atoms with van der Waals surface area (Å²) in [4.78, 5) is 0. The molecular formula is C8H9F2NO. The van der Waals surface area contributed by atoms with E-state index in [1.165, 1.54) is 12.1 Å². The molecule has 12 heavy (non-hydrogen) atoms. The SMILES string of the molecule is N[C@@H](c1ccccc1O)C(F)F. The van der Waals surface area contributed by atoms with Crippen LogP contribution in [0, 0.1) is 0 Å². The highest BCUT2D eigenvalue weighted by molar-refractivity contribution is 5.34. The molecule has 1 atom stereocenters. The molecule has 0 aliphatic carbocycles. The predicted molar refractivity (Wildman–Crippen MR) is 41.0 cm³/mol. The van der Waals surface area contributed by atoms with Gasteiger partial charge < -0.3 is 10.8 Å². The van der Waals surface area contributed by atoms with E-state index in [-0.39, 0.29) is 11.3 Å². The summed E-state index contributed by atoms with van der Waals surface area (Å²) >= 11 is 0. The molecule has 0 aliphatic heterocycles. The van der Waals surface area contributed by atoms with Gasteiger partial charge in [-0.15, -0.1) is 0 Å². The number of para-hydroxylation sites is 1. The van der Waals surface area contributed by atoms with Crippen molar-refractivity contribution in [3.05, 3.63) is 29.8 Å². The molecule has 0 saturated carbocycles. The molecule has 1 aromatic carbocycles. The maximum Gasteiger partial charge on any atom is 0.257 e. The number of benzene rings is 1. The van der Waals surface area contributed by atoms with Crippen LogP contribution in [0.3, 0.4) is 0 Å². The van der Waals surface area contributed by atoms with Crippen LogP contribution in [0.15, 0.2) is 24.3 Å². The highest BCUT2D eigenvalue weighted by Crippen LogP contribution is 2.25. The van der Waals surface area contributed by atoms with Crippen LogP contribution < -0.4 is 5.73 Å². The number of aromatic hydroxyl groups is 1. The minimum atomic E-state index is -2.65. The lowest BCUT2D eigenvalue weighted by molar-refractivity contribution is 0.115. The molecule has 66 valence electrons. The Morgan fingerprint density at radius 1 is 1.25 bits per heavy atom. The Labute approximate surface area is 68.6 Å². The van der Waals surface area contributed by atoms with Crippen LogP contribution in [0.1, 0.15) is 11.6 Å². The first-order valence-electron chi connectivity index (χ1n) is 3.44. The second-order valence-electron chi connectivity index (χ2n) is 2.42. The minimum absolute atomic E-state index is 0.0764. The van der Waals surface area contributed by atoms with Crippen LogP contribution in [0.4, 0.5) is 8.78 Å². The molecule has 0 fully saturated rings. The summed E-state index contributed by atoms with van der Waals surface area (Å²) in [6.45, 7) is 0. The molecule has 0 saturated heterocycles. The summed E-state index contributed by atoms with van der Waals surface area (Å²) in [6, 6.07) is 4.41. The van der Waals surface area contributed by atoms with Gasteiger partial charge in [0.25, 0.3) is 6.43 Å². The van der Waals surface area contributed by atoms with Crippen LogP contribution >= 0.6 is 0 Å². The quantitative estimate of drug-likeness (QED) is 0.714. The molecule has 1 aromatic rings. The lowest BCUT2D eigenvalue weighted by Crippen LogP contribution is -2.18. The summed E-state index contributed by atoms with van der Waals surface area (Å²) < 4.78 is 24.1. The molecule has 0 bridgehead atoms. The Morgan fingerprint density at radius 2 is 1.83 bits per heavy atom. The van der Waals surface area contributed by atoms with Crippen LogP contribution in [-0.4, -0.2) is 11.5 Å². The maximum absolute atomic E-state index is 12.1. The van der Waals surface area contributed by atoms with Crippen LogP contribution in [-0.2, 0) is 0 Å². The standard InChI is InChI=1S/C8H9F2NO/c9-8(10)7(11)5-3-1-2-4-6(5)12/h1-4,7-8,12H,11H2/t7-/m0/s1. The largest absolute Gasteiger partial charge is 0.508 e. The molecule has 0 aliphatic rings. The third-order valence-electron chi connectivity index (χ3n) is 1.57. The second-order valence-corrected chi connectivity index (χ2v) is 2.42. The molecule has 0 aromatic heterocycles. The van der Waals surface area contributed by atoms with Crippen molar-refractivity contribution in [2.24, 2.45) is 5.73 Å². The van der Waals surface area contributed by atoms with Gasteiger partial charge in [-0.3, -0.25) is 0 Å². The minimum Gasteiger partial charge on any atom is -0.508 e. The van der Waals surface area contributed by atoms with Gasteiger partial charge in [-0.1, -0.05) is 18.2 Å². The molecule has 1 rings (SSSR count). The van der Waals surface area contributed by atoms with Gasteiger partial charge in [-0.05, 0) is 6.07 Å². The third-order valence-corrected chi connectivity index (χ3v) is 1.57. The van der Waals surface area contributed by atoms with E-state index in [0.29, 0.717) is 0 Å². The van der Waals surface area contributed by atoms with E-state index in [1.54, 1.807) is 12.1 Å². The van der Waals surface area contributed by atoms with Crippen molar-refractivity contribution in [2.45, 2.75) is 12.5 Å². The second kappa shape index (κ2) is 3.49. The summed E-state index contributed by atoms with van der Waals surface area (Å²) in [5.74, 6) is -0.190. The average Bonchev–Trinajstić information content (AvgIpc) is 2.04. The van der Waals surface area contributed by atoms with E-state index in [9.17, 15) is 8.78 Å². The monoisotopic (exact) mass is 173 g/mol. The first kappa shape index (κ1) is 8.93. The molecule has 0 spiro atoms. The van der Waals surface area contributed by atoms with Gasteiger partial charge in [0.05, 0.1) is 6.04 Å². The fraction of sp³-hybridized carbons (Fsp3) is 0.250. The van der Waals surface area contributed by atoms with Gasteiger partial charge in [0, 0.05) is 5.56 Å². The number of hydrogen-bond donors (Lipinski definition) is 2. The number of alkyl halides is 2. The number of phenolic OH excluding ortho intramolecular Hbond substituents is 1. The van der Waals surface area contributed by atoms with Gasteiger partial charge >= 0.3 is 0 Å². The molecule has 0 amide bonds. The fourth-order valence-corrected chi connectivity index (χ4v) is 0.905. The van der Waals surface area contributed by atoms with E-state index in [2.05, 4.69) is 0 Å². The van der Waals surface area contributed by atoms with Crippen LogP contribution in [0.2, 0.25) is 0 Å². The molecular weight excluding hydrogens is 164 g/mol. The maximum atomic E-state index is 12.1. The highest BCUT2D eigenvalue weighted by Gasteiger charge is 2.19. The molecule has 0 unspecified atom stereocenters. The number of phenols is 1. The predicted octanol–water partition coefficient (Wildman–Crippen LogP) is 1.66. The Bertz CT molecular complexity index is 265. The fourth-order valence-electron chi connectivity index (χ4n) is 0.905. The summed E-state index contributed by atoms with van der Waals surface area (Å²) in [7, 11) is 0. The van der Waals surface area contributed by atoms with Crippen LogP contribution in [0.5, 0.6) is 5.75 Å². The Kier molecular flexibility index (Phi) is 2.60. The lowest BCUT2D eigenvalue weighted by atomic mass is 10.1. The molecule has 0 heterocycles. The summed E-state index contributed by atoms with van der Waals surface area (Å²) in [5, 5.41) is 9.12. The number of rotatable bonds is 2. The third kappa shape index (κ3) is 1.71. The first-order valence-corrected chi connectivity index (χ1v) is 3.44. The number of nitrogens with two attached hydrogens (primary N) is 1. The zero-order chi connectivity index (χ0) is 9.14. The van der Waals surface area contributed by atoms with Crippen molar-refractivity contribution in [3.63, 3.8) is 0 Å². The normalized spacial score (nSPS) is 13.3. The van der Waals surface area contributed by atoms with Gasteiger partial charge in [0.15, 0.2) is 0 Å². The zero-order valence-electron chi connectivity index (χ0n) is 6.24. The van der Waals surface area contributed by atoms with Crippen molar-refractivity contribution in [2.75, 3.05) is 0 Å². The Hall–Kier alpha value is -1.16. The van der Waals surface area contributed by atoms with Crippen LogP contribution in [0.25, 0.3) is 0 Å². The Balaban J connectivity index is 2.94. The first-order chi connectivity index (χ1) is 5.63. The van der Waals surface area contributed by atoms with Crippen molar-refractivity contribution < 1.29 is 13.9 Å². The smallest absolute Gasteiger partial charge is 0.257 e. The molecule has 4 heteroatoms. The Morgan fingerprint density at radius 3 is 2.33 bits per heavy atom. The topological polar surface area (TPSA) is 46.2 Å². The highest BCUT2D eigenvalue weighted by atomic mass is 19.3. The number of hydrogen-bond acceptors (Lipinski definition) is 2. The lowest BCUT2D eigenvalue weighted by Gasteiger charge is -2.11. The summed E-state index contributed by atoms with van der Waals surface area (Å²) in [5.41, 5.74) is 5.20. The van der Waals surface area contributed by atoms with E-state index in [4.69, 9.17) is 10.8 Å². The van der Waals surface area contributed by atoms with Crippen molar-refractivity contribution in [1.29, 1.82) is 0 Å². The van der Waals surface area contributed by atoms with E-state index < -0.39 is 12.5 Å². The van der Waals surface area contributed by atoms with Gasteiger partial charge in [-0.2, -0.15) is 0 Å². The van der Waals surface area contributed by atoms with Crippen molar-refractivity contribution in [3.8, 4) is 5.75 Å².